The van der Waals surface area contributed by atoms with Crippen molar-refractivity contribution in [2.75, 3.05) is 27.3 Å². The minimum absolute atomic E-state index is 0.110. The number of carbonyl (C=O) groups excluding carboxylic acids is 4. The van der Waals surface area contributed by atoms with Crippen LogP contribution in [0.3, 0.4) is 0 Å². The zero-order chi connectivity index (χ0) is 39.0. The van der Waals surface area contributed by atoms with E-state index in [4.69, 9.17) is 0 Å². The number of methoxy groups -OCH3 is 2. The van der Waals surface area contributed by atoms with Gasteiger partial charge in [0.05, 0.1) is 20.3 Å². The van der Waals surface area contributed by atoms with Crippen LogP contribution in [0.25, 0.3) is 6.08 Å². The van der Waals surface area contributed by atoms with Crippen molar-refractivity contribution in [3.63, 3.8) is 0 Å². The van der Waals surface area contributed by atoms with Crippen molar-refractivity contribution < 1.29 is 48.5 Å². The highest BCUT2D eigenvalue weighted by Crippen LogP contribution is 2.32. The molecule has 4 amide bonds. The first-order chi connectivity index (χ1) is 25.1. The van der Waals surface area contributed by atoms with E-state index < -0.39 is 24.1 Å². The molecule has 1 atom stereocenters. The van der Waals surface area contributed by atoms with E-state index in [-0.39, 0.29) is 56.6 Å². The number of alkyl carbamates (subject to hydrolysis) is 2. The second kappa shape index (κ2) is 17.6. The topological polar surface area (TPSA) is 241 Å². The smallest absolute Gasteiger partial charge is 0.406 e. The Bertz CT molecular complexity index is 1900. The van der Waals surface area contributed by atoms with E-state index in [1.807, 2.05) is 13.8 Å². The lowest BCUT2D eigenvalue weighted by atomic mass is 9.95. The van der Waals surface area contributed by atoms with Gasteiger partial charge in [-0.1, -0.05) is 0 Å². The maximum atomic E-state index is 12.7. The zero-order valence-electron chi connectivity index (χ0n) is 30.9. The van der Waals surface area contributed by atoms with Gasteiger partial charge < -0.3 is 50.9 Å². The average Bonchev–Trinajstić information content (AvgIpc) is 3.75. The molecule has 0 spiro atoms. The van der Waals surface area contributed by atoms with Crippen LogP contribution >= 0.6 is 0 Å². The molecule has 16 nitrogen and oxygen atoms in total. The lowest BCUT2D eigenvalue weighted by Gasteiger charge is -2.16. The molecule has 1 unspecified atom stereocenters. The van der Waals surface area contributed by atoms with E-state index in [1.165, 1.54) is 14.2 Å². The Kier molecular flexibility index (Phi) is 13.3. The van der Waals surface area contributed by atoms with Gasteiger partial charge in [0, 0.05) is 78.4 Å². The zero-order valence-corrected chi connectivity index (χ0v) is 30.9. The number of aliphatic carboxylic acids is 2. The van der Waals surface area contributed by atoms with Crippen molar-refractivity contribution in [2.45, 2.75) is 85.1 Å². The fourth-order valence-electron chi connectivity index (χ4n) is 6.90. The predicted octanol–water partition coefficient (Wildman–Crippen LogP) is 3.22. The molecule has 0 saturated heterocycles. The third kappa shape index (κ3) is 9.75. The SMILES string of the molecule is COC(=O)NCCC1=C(C)C(=O)N/C1=C\c1[nH]c(Cc2[nH]c(CC3NC(=O)C(C)=C3CCNC(=O)OC)c(C)c2CCC(=O)O)c(CCC(=O)O)c1C. The van der Waals surface area contributed by atoms with Gasteiger partial charge in [0.2, 0.25) is 5.91 Å². The monoisotopic (exact) mass is 736 g/mol. The maximum Gasteiger partial charge on any atom is 0.406 e. The van der Waals surface area contributed by atoms with Crippen molar-refractivity contribution >= 4 is 42.0 Å². The van der Waals surface area contributed by atoms with Crippen LogP contribution in [0.2, 0.25) is 0 Å². The van der Waals surface area contributed by atoms with Crippen molar-refractivity contribution in [3.8, 4) is 0 Å². The number of carbonyl (C=O) groups is 6. The second-order valence-corrected chi connectivity index (χ2v) is 13.1. The predicted molar refractivity (Wildman–Crippen MR) is 193 cm³/mol. The van der Waals surface area contributed by atoms with Gasteiger partial charge in [-0.3, -0.25) is 19.2 Å². The van der Waals surface area contributed by atoms with E-state index in [0.29, 0.717) is 48.2 Å². The number of ether oxygens (including phenoxy) is 2. The summed E-state index contributed by atoms with van der Waals surface area (Å²) in [5.41, 5.74) is 9.47. The van der Waals surface area contributed by atoms with E-state index in [0.717, 1.165) is 50.5 Å². The molecule has 2 aromatic heterocycles. The molecule has 286 valence electrons. The highest BCUT2D eigenvalue weighted by molar-refractivity contribution is 6.01. The number of hydrogen-bond acceptors (Lipinski definition) is 8. The standard InChI is InChI=1S/C37H48N6O10/c1-18-22(7-9-32(44)45)28(40-26(18)15-30-24(20(3)34(48)42-30)11-13-38-36(50)52-5)17-29-23(8-10-33(46)47)19(2)27(41-29)16-31-25(21(4)35(49)43-31)12-14-39-37(51)53-6/h15,31,40-41H,7-14,16-17H2,1-6H3,(H,38,50)(H,39,51)(H,42,48)(H,43,49)(H,44,45)(H,46,47)/b30-15-. The molecule has 4 heterocycles. The molecule has 0 fully saturated rings. The minimum atomic E-state index is -0.960. The molecule has 0 radical (unpaired) electrons. The molecule has 2 aliphatic rings. The van der Waals surface area contributed by atoms with Gasteiger partial charge in [0.15, 0.2) is 0 Å². The summed E-state index contributed by atoms with van der Waals surface area (Å²) < 4.78 is 9.30. The number of nitrogens with one attached hydrogen (secondary N) is 6. The average molecular weight is 737 g/mol. The Morgan fingerprint density at radius 1 is 0.736 bits per heavy atom. The Hall–Kier alpha value is -5.80. The summed E-state index contributed by atoms with van der Waals surface area (Å²) in [6.45, 7) is 7.74. The summed E-state index contributed by atoms with van der Waals surface area (Å²) in [7, 11) is 2.54. The first kappa shape index (κ1) is 40.0. The van der Waals surface area contributed by atoms with E-state index in [9.17, 15) is 39.0 Å². The number of aromatic nitrogens is 2. The first-order valence-corrected chi connectivity index (χ1v) is 17.3. The van der Waals surface area contributed by atoms with Gasteiger partial charge in [0.1, 0.15) is 0 Å². The molecular formula is C37H48N6O10. The van der Waals surface area contributed by atoms with Crippen LogP contribution in [0.4, 0.5) is 9.59 Å². The van der Waals surface area contributed by atoms with E-state index in [1.54, 1.807) is 19.9 Å². The lowest BCUT2D eigenvalue weighted by molar-refractivity contribution is -0.138. The summed E-state index contributed by atoms with van der Waals surface area (Å²) in [5.74, 6) is -2.37. The molecule has 16 heteroatoms. The van der Waals surface area contributed by atoms with Gasteiger partial charge in [-0.15, -0.1) is 0 Å². The van der Waals surface area contributed by atoms with Crippen LogP contribution in [-0.2, 0) is 54.3 Å². The van der Waals surface area contributed by atoms with Gasteiger partial charge >= 0.3 is 24.1 Å². The molecule has 2 aliphatic heterocycles. The number of allylic oxidation sites excluding steroid dienone is 1. The summed E-state index contributed by atoms with van der Waals surface area (Å²) in [5, 5.41) is 30.3. The number of rotatable bonds is 17. The minimum Gasteiger partial charge on any atom is -0.481 e. The van der Waals surface area contributed by atoms with E-state index in [2.05, 4.69) is 40.7 Å². The summed E-state index contributed by atoms with van der Waals surface area (Å²) in [6, 6.07) is -0.355. The van der Waals surface area contributed by atoms with Crippen LogP contribution in [0.1, 0.15) is 84.6 Å². The van der Waals surface area contributed by atoms with Crippen LogP contribution in [0.15, 0.2) is 28.0 Å². The second-order valence-electron chi connectivity index (χ2n) is 13.1. The van der Waals surface area contributed by atoms with Crippen LogP contribution < -0.4 is 21.3 Å². The quantitative estimate of drug-likeness (QED) is 0.118. The molecule has 0 aliphatic carbocycles. The van der Waals surface area contributed by atoms with Crippen molar-refractivity contribution in [2.24, 2.45) is 0 Å². The van der Waals surface area contributed by atoms with Gasteiger partial charge in [-0.25, -0.2) is 9.59 Å². The summed E-state index contributed by atoms with van der Waals surface area (Å²) in [4.78, 5) is 79.0. The van der Waals surface area contributed by atoms with Gasteiger partial charge in [-0.2, -0.15) is 0 Å². The van der Waals surface area contributed by atoms with Crippen molar-refractivity contribution in [3.05, 3.63) is 73.0 Å². The molecule has 0 bridgehead atoms. The number of hydrogen-bond donors (Lipinski definition) is 8. The van der Waals surface area contributed by atoms with Crippen molar-refractivity contribution in [1.82, 2.24) is 31.2 Å². The van der Waals surface area contributed by atoms with Crippen molar-refractivity contribution in [1.29, 1.82) is 0 Å². The number of amides is 4. The van der Waals surface area contributed by atoms with Gasteiger partial charge in [0.25, 0.3) is 5.91 Å². The summed E-state index contributed by atoms with van der Waals surface area (Å²) in [6.07, 6.45) is 2.37. The fraction of sp³-hybridized carbons (Fsp3) is 0.459. The number of aromatic amines is 2. The third-order valence-corrected chi connectivity index (χ3v) is 9.90. The molecule has 53 heavy (non-hydrogen) atoms. The molecule has 2 aromatic rings. The van der Waals surface area contributed by atoms with E-state index >= 15 is 0 Å². The molecule has 0 aromatic carbocycles. The molecule has 0 saturated carbocycles. The maximum absolute atomic E-state index is 12.7. The first-order valence-electron chi connectivity index (χ1n) is 17.3. The highest BCUT2D eigenvalue weighted by atomic mass is 16.5. The Labute approximate surface area is 306 Å². The molecule has 8 N–H and O–H groups in total. The molecular weight excluding hydrogens is 688 g/mol. The largest absolute Gasteiger partial charge is 0.481 e. The third-order valence-electron chi connectivity index (χ3n) is 9.90. The number of H-pyrrole nitrogens is 2. The number of carboxylic acids is 2. The van der Waals surface area contributed by atoms with Crippen LogP contribution in [0, 0.1) is 13.8 Å². The van der Waals surface area contributed by atoms with Crippen LogP contribution in [0.5, 0.6) is 0 Å². The Balaban J connectivity index is 1.69. The Morgan fingerprint density at radius 3 is 1.89 bits per heavy atom. The van der Waals surface area contributed by atoms with Gasteiger partial charge in [-0.05, 0) is 92.9 Å². The fourth-order valence-corrected chi connectivity index (χ4v) is 6.90. The Morgan fingerprint density at radius 2 is 1.30 bits per heavy atom. The highest BCUT2D eigenvalue weighted by Gasteiger charge is 2.31. The molecule has 4 rings (SSSR count). The number of carboxylic acid groups (broad SMARTS) is 2. The normalized spacial score (nSPS) is 16.3. The van der Waals surface area contributed by atoms with Crippen LogP contribution in [-0.4, -0.2) is 89.5 Å². The summed E-state index contributed by atoms with van der Waals surface area (Å²) >= 11 is 0. The lowest BCUT2D eigenvalue weighted by Crippen LogP contribution is -2.32.